The summed E-state index contributed by atoms with van der Waals surface area (Å²) in [6, 6.07) is 13.5. The average molecular weight is 351 g/mol. The molecule has 1 aliphatic heterocycles. The summed E-state index contributed by atoms with van der Waals surface area (Å²) in [6.07, 6.45) is 0.660. The summed E-state index contributed by atoms with van der Waals surface area (Å²) >= 11 is 0. The number of hydrogen-bond acceptors (Lipinski definition) is 5. The van der Waals surface area contributed by atoms with E-state index in [1.165, 1.54) is 17.0 Å². The van der Waals surface area contributed by atoms with Gasteiger partial charge in [0.15, 0.2) is 0 Å². The number of likely N-dealkylation sites (tertiary alicyclic amines) is 1. The molecule has 0 radical (unpaired) electrons. The maximum absolute atomic E-state index is 12.6. The van der Waals surface area contributed by atoms with Crippen LogP contribution in [0.2, 0.25) is 0 Å². The number of imide groups is 1. The highest BCUT2D eigenvalue weighted by Gasteiger charge is 2.38. The van der Waals surface area contributed by atoms with E-state index in [4.69, 9.17) is 0 Å². The van der Waals surface area contributed by atoms with Crippen LogP contribution in [0.5, 0.6) is 0 Å². The Kier molecular flexibility index (Phi) is 5.02. The Hall–Kier alpha value is -3.15. The Morgan fingerprint density at radius 2 is 1.92 bits per heavy atom. The Balaban J connectivity index is 1.69. The second kappa shape index (κ2) is 7.39. The van der Waals surface area contributed by atoms with Crippen molar-refractivity contribution in [1.29, 1.82) is 0 Å². The van der Waals surface area contributed by atoms with Crippen LogP contribution in [0, 0.1) is 6.92 Å². The van der Waals surface area contributed by atoms with Crippen molar-refractivity contribution in [1.82, 2.24) is 4.90 Å². The van der Waals surface area contributed by atoms with Crippen molar-refractivity contribution in [3.8, 4) is 0 Å². The van der Waals surface area contributed by atoms with Crippen LogP contribution in [-0.2, 0) is 16.0 Å². The molecule has 1 N–H and O–H groups in total. The molecule has 1 aliphatic rings. The second-order valence-electron chi connectivity index (χ2n) is 6.34. The number of hydrogen-bond donors (Lipinski definition) is 1. The van der Waals surface area contributed by atoms with E-state index in [-0.39, 0.29) is 23.8 Å². The molecule has 2 amide bonds. The number of aromatic carboxylic acids is 1. The largest absolute Gasteiger partial charge is 0.545 e. The third kappa shape index (κ3) is 3.74. The number of amides is 2. The lowest BCUT2D eigenvalue weighted by Crippen LogP contribution is -2.36. The lowest BCUT2D eigenvalue weighted by molar-refractivity contribution is -0.255. The quantitative estimate of drug-likeness (QED) is 0.789. The molecule has 0 aliphatic carbocycles. The zero-order chi connectivity index (χ0) is 18.7. The molecule has 0 aromatic heterocycles. The monoisotopic (exact) mass is 351 g/mol. The molecule has 3 rings (SSSR count). The first-order valence-electron chi connectivity index (χ1n) is 8.42. The second-order valence-corrected chi connectivity index (χ2v) is 6.34. The van der Waals surface area contributed by atoms with Crippen molar-refractivity contribution in [3.05, 3.63) is 65.2 Å². The molecule has 6 nitrogen and oxygen atoms in total. The standard InChI is InChI=1S/C20H20N2O4/c1-13-7-8-15(20(25)26)11-16(13)21-17-12-18(23)22(19(17)24)10-9-14-5-3-2-4-6-14/h2-8,11,17,21H,9-10,12H2,1H3,(H,25,26)/p-1/t17-/m0/s1. The molecule has 134 valence electrons. The average Bonchev–Trinajstić information content (AvgIpc) is 2.89. The summed E-state index contributed by atoms with van der Waals surface area (Å²) in [5, 5.41) is 14.0. The molecule has 0 unspecified atom stereocenters. The Bertz CT molecular complexity index is 848. The van der Waals surface area contributed by atoms with Crippen LogP contribution in [0.1, 0.15) is 27.9 Å². The normalized spacial score (nSPS) is 16.8. The molecule has 6 heteroatoms. The van der Waals surface area contributed by atoms with Gasteiger partial charge in [0, 0.05) is 12.2 Å². The Morgan fingerprint density at radius 1 is 1.19 bits per heavy atom. The lowest BCUT2D eigenvalue weighted by atomic mass is 10.1. The Labute approximate surface area is 151 Å². The first-order valence-corrected chi connectivity index (χ1v) is 8.42. The van der Waals surface area contributed by atoms with Gasteiger partial charge in [0.05, 0.1) is 12.4 Å². The highest BCUT2D eigenvalue weighted by molar-refractivity contribution is 6.07. The van der Waals surface area contributed by atoms with Gasteiger partial charge in [-0.25, -0.2) is 0 Å². The molecular weight excluding hydrogens is 332 g/mol. The minimum absolute atomic E-state index is 0.0239. The zero-order valence-corrected chi connectivity index (χ0v) is 14.4. The summed E-state index contributed by atoms with van der Waals surface area (Å²) in [6.45, 7) is 2.13. The van der Waals surface area contributed by atoms with E-state index >= 15 is 0 Å². The third-order valence-electron chi connectivity index (χ3n) is 4.51. The van der Waals surface area contributed by atoms with Gasteiger partial charge in [-0.1, -0.05) is 42.5 Å². The molecule has 0 saturated carbocycles. The molecule has 0 bridgehead atoms. The van der Waals surface area contributed by atoms with Crippen LogP contribution in [0.15, 0.2) is 48.5 Å². The number of carbonyl (C=O) groups excluding carboxylic acids is 3. The van der Waals surface area contributed by atoms with Gasteiger partial charge in [0.25, 0.3) is 5.91 Å². The van der Waals surface area contributed by atoms with Gasteiger partial charge < -0.3 is 15.2 Å². The van der Waals surface area contributed by atoms with Gasteiger partial charge in [-0.15, -0.1) is 0 Å². The highest BCUT2D eigenvalue weighted by Crippen LogP contribution is 2.22. The van der Waals surface area contributed by atoms with Crippen molar-refractivity contribution >= 4 is 23.5 Å². The maximum atomic E-state index is 12.6. The number of anilines is 1. The Morgan fingerprint density at radius 3 is 2.62 bits per heavy atom. The van der Waals surface area contributed by atoms with Crippen molar-refractivity contribution in [2.75, 3.05) is 11.9 Å². The summed E-state index contributed by atoms with van der Waals surface area (Å²) in [4.78, 5) is 37.1. The summed E-state index contributed by atoms with van der Waals surface area (Å²) in [7, 11) is 0. The topological polar surface area (TPSA) is 89.5 Å². The van der Waals surface area contributed by atoms with Crippen LogP contribution in [0.4, 0.5) is 5.69 Å². The van der Waals surface area contributed by atoms with Crippen LogP contribution < -0.4 is 10.4 Å². The number of nitrogens with zero attached hydrogens (tertiary/aromatic N) is 1. The van der Waals surface area contributed by atoms with Gasteiger partial charge >= 0.3 is 0 Å². The fraction of sp³-hybridized carbons (Fsp3) is 0.250. The van der Waals surface area contributed by atoms with E-state index in [2.05, 4.69) is 5.32 Å². The number of rotatable bonds is 6. The molecule has 1 saturated heterocycles. The fourth-order valence-electron chi connectivity index (χ4n) is 3.01. The lowest BCUT2D eigenvalue weighted by Gasteiger charge is -2.18. The minimum Gasteiger partial charge on any atom is -0.545 e. The minimum atomic E-state index is -1.29. The zero-order valence-electron chi connectivity index (χ0n) is 14.4. The molecule has 1 fully saturated rings. The number of nitrogens with one attached hydrogen (secondary N) is 1. The van der Waals surface area contributed by atoms with Crippen molar-refractivity contribution < 1.29 is 19.5 Å². The number of carboxylic acid groups (broad SMARTS) is 1. The molecule has 2 aromatic rings. The predicted molar refractivity (Wildman–Crippen MR) is 94.4 cm³/mol. The van der Waals surface area contributed by atoms with E-state index in [1.807, 2.05) is 30.3 Å². The van der Waals surface area contributed by atoms with Gasteiger partial charge in [-0.05, 0) is 36.1 Å². The van der Waals surface area contributed by atoms with E-state index in [0.29, 0.717) is 18.7 Å². The summed E-state index contributed by atoms with van der Waals surface area (Å²) < 4.78 is 0. The van der Waals surface area contributed by atoms with E-state index < -0.39 is 12.0 Å². The van der Waals surface area contributed by atoms with Crippen LogP contribution in [-0.4, -0.2) is 35.3 Å². The van der Waals surface area contributed by atoms with Crippen LogP contribution >= 0.6 is 0 Å². The predicted octanol–water partition coefficient (Wildman–Crippen LogP) is 1.14. The van der Waals surface area contributed by atoms with Crippen molar-refractivity contribution in [2.24, 2.45) is 0 Å². The third-order valence-corrected chi connectivity index (χ3v) is 4.51. The number of carbonyl (C=O) groups is 3. The highest BCUT2D eigenvalue weighted by atomic mass is 16.4. The maximum Gasteiger partial charge on any atom is 0.252 e. The first kappa shape index (κ1) is 17.7. The van der Waals surface area contributed by atoms with Crippen LogP contribution in [0.3, 0.4) is 0 Å². The molecular formula is C20H19N2O4-. The van der Waals surface area contributed by atoms with E-state index in [9.17, 15) is 19.5 Å². The molecule has 1 atom stereocenters. The van der Waals surface area contributed by atoms with Crippen molar-refractivity contribution in [2.45, 2.75) is 25.8 Å². The van der Waals surface area contributed by atoms with Gasteiger partial charge in [0.1, 0.15) is 6.04 Å². The fourth-order valence-corrected chi connectivity index (χ4v) is 3.01. The molecule has 0 spiro atoms. The number of aryl methyl sites for hydroxylation is 1. The van der Waals surface area contributed by atoms with Gasteiger partial charge in [-0.2, -0.15) is 0 Å². The number of carboxylic acids is 1. The smallest absolute Gasteiger partial charge is 0.252 e. The van der Waals surface area contributed by atoms with Crippen molar-refractivity contribution in [3.63, 3.8) is 0 Å². The van der Waals surface area contributed by atoms with E-state index in [1.54, 1.807) is 13.0 Å². The first-order chi connectivity index (χ1) is 12.5. The summed E-state index contributed by atoms with van der Waals surface area (Å²) in [5.74, 6) is -1.80. The SMILES string of the molecule is Cc1ccc(C(=O)[O-])cc1N[C@H]1CC(=O)N(CCc2ccccc2)C1=O. The summed E-state index contributed by atoms with van der Waals surface area (Å²) in [5.41, 5.74) is 2.39. The van der Waals surface area contributed by atoms with E-state index in [0.717, 1.165) is 11.1 Å². The van der Waals surface area contributed by atoms with Gasteiger partial charge in [0.2, 0.25) is 5.91 Å². The van der Waals surface area contributed by atoms with Crippen LogP contribution in [0.25, 0.3) is 0 Å². The molecule has 26 heavy (non-hydrogen) atoms. The van der Waals surface area contributed by atoms with Gasteiger partial charge in [-0.3, -0.25) is 14.5 Å². The molecule has 1 heterocycles. The molecule has 2 aromatic carbocycles. The number of benzene rings is 2.